The average Bonchev–Trinajstić information content (AvgIpc) is 2.90. The van der Waals surface area contributed by atoms with E-state index in [1.165, 1.54) is 23.1 Å². The van der Waals surface area contributed by atoms with Gasteiger partial charge in [0.2, 0.25) is 0 Å². The van der Waals surface area contributed by atoms with Crippen LogP contribution in [0.5, 0.6) is 11.5 Å². The maximum atomic E-state index is 11.9. The Hall–Kier alpha value is -1.73. The molecule has 0 radical (unpaired) electrons. The van der Waals surface area contributed by atoms with Gasteiger partial charge in [-0.05, 0) is 18.2 Å². The van der Waals surface area contributed by atoms with Gasteiger partial charge in [-0.3, -0.25) is 4.79 Å². The van der Waals surface area contributed by atoms with Crippen molar-refractivity contribution >= 4 is 29.0 Å². The molecule has 7 heteroatoms. The van der Waals surface area contributed by atoms with Crippen LogP contribution in [0.4, 0.5) is 0 Å². The quantitative estimate of drug-likeness (QED) is 0.812. The monoisotopic (exact) mass is 322 g/mol. The minimum absolute atomic E-state index is 0.145. The molecule has 0 atom stereocenters. The molecule has 1 aromatic carbocycles. The second-order valence-corrected chi connectivity index (χ2v) is 6.32. The zero-order chi connectivity index (χ0) is 14.7. The number of carbonyl (C=O) groups is 1. The predicted molar refractivity (Wildman–Crippen MR) is 82.0 cm³/mol. The van der Waals surface area contributed by atoms with Gasteiger partial charge in [-0.2, -0.15) is 4.99 Å². The van der Waals surface area contributed by atoms with Crippen molar-refractivity contribution in [3.05, 3.63) is 34.6 Å². The van der Waals surface area contributed by atoms with Crippen molar-refractivity contribution < 1.29 is 14.3 Å². The number of rotatable bonds is 3. The van der Waals surface area contributed by atoms with E-state index in [0.29, 0.717) is 23.8 Å². The number of ether oxygens (including phenoxy) is 2. The number of thioether (sulfide) groups is 1. The molecule has 3 rings (SSSR count). The molecule has 1 aromatic heterocycles. The van der Waals surface area contributed by atoms with E-state index in [-0.39, 0.29) is 5.91 Å². The van der Waals surface area contributed by atoms with Gasteiger partial charge in [0.25, 0.3) is 5.91 Å². The van der Waals surface area contributed by atoms with Crippen LogP contribution in [0.3, 0.4) is 0 Å². The molecule has 0 unspecified atom stereocenters. The standard InChI is InChI=1S/C14H14N2O3S2/c1-16-4-7-20-14(16)15-13(17)9-21-10-2-3-11-12(8-10)19-6-5-18-11/h2-4,7-8H,5-6,9H2,1H3. The van der Waals surface area contributed by atoms with E-state index in [1.807, 2.05) is 41.4 Å². The highest BCUT2D eigenvalue weighted by molar-refractivity contribution is 8.00. The van der Waals surface area contributed by atoms with Gasteiger partial charge in [-0.15, -0.1) is 23.1 Å². The van der Waals surface area contributed by atoms with Crippen molar-refractivity contribution in [2.45, 2.75) is 4.90 Å². The lowest BCUT2D eigenvalue weighted by molar-refractivity contribution is -0.115. The molecular formula is C14H14N2O3S2. The molecule has 0 aliphatic carbocycles. The van der Waals surface area contributed by atoms with Gasteiger partial charge in [-0.1, -0.05) is 0 Å². The molecule has 0 fully saturated rings. The first-order valence-corrected chi connectivity index (χ1v) is 8.29. The first-order chi connectivity index (χ1) is 10.2. The number of aryl methyl sites for hydroxylation is 1. The highest BCUT2D eigenvalue weighted by atomic mass is 32.2. The highest BCUT2D eigenvalue weighted by Crippen LogP contribution is 2.34. The fourth-order valence-corrected chi connectivity index (χ4v) is 3.29. The summed E-state index contributed by atoms with van der Waals surface area (Å²) in [5, 5.41) is 1.90. The zero-order valence-electron chi connectivity index (χ0n) is 11.4. The van der Waals surface area contributed by atoms with E-state index in [9.17, 15) is 4.79 Å². The molecule has 0 spiro atoms. The summed E-state index contributed by atoms with van der Waals surface area (Å²) in [6.07, 6.45) is 1.88. The fourth-order valence-electron chi connectivity index (χ4n) is 1.83. The third-order valence-electron chi connectivity index (χ3n) is 2.86. The Kier molecular flexibility index (Phi) is 4.31. The first-order valence-electron chi connectivity index (χ1n) is 6.42. The number of aromatic nitrogens is 1. The van der Waals surface area contributed by atoms with Gasteiger partial charge in [0.1, 0.15) is 13.2 Å². The number of thiazole rings is 1. The lowest BCUT2D eigenvalue weighted by atomic mass is 10.3. The molecular weight excluding hydrogens is 308 g/mol. The highest BCUT2D eigenvalue weighted by Gasteiger charge is 2.12. The minimum Gasteiger partial charge on any atom is -0.486 e. The molecule has 1 amide bonds. The van der Waals surface area contributed by atoms with E-state index in [1.54, 1.807) is 0 Å². The summed E-state index contributed by atoms with van der Waals surface area (Å²) in [5.41, 5.74) is 0. The van der Waals surface area contributed by atoms with Crippen LogP contribution in [0.25, 0.3) is 0 Å². The first kappa shape index (κ1) is 14.2. The van der Waals surface area contributed by atoms with Gasteiger partial charge >= 0.3 is 0 Å². The smallest absolute Gasteiger partial charge is 0.258 e. The van der Waals surface area contributed by atoms with E-state index in [4.69, 9.17) is 9.47 Å². The zero-order valence-corrected chi connectivity index (χ0v) is 13.1. The molecule has 0 saturated carbocycles. The lowest BCUT2D eigenvalue weighted by Crippen LogP contribution is -2.15. The van der Waals surface area contributed by atoms with Crippen LogP contribution in [-0.2, 0) is 11.8 Å². The summed E-state index contributed by atoms with van der Waals surface area (Å²) in [4.78, 5) is 17.6. The van der Waals surface area contributed by atoms with Crippen molar-refractivity contribution in [2.75, 3.05) is 19.0 Å². The third-order valence-corrected chi connectivity index (χ3v) is 4.68. The molecule has 0 N–H and O–H groups in total. The number of nitrogens with zero attached hydrogens (tertiary/aromatic N) is 2. The predicted octanol–water partition coefficient (Wildman–Crippen LogP) is 2.08. The Bertz CT molecular complexity index is 721. The number of amides is 1. The van der Waals surface area contributed by atoms with Gasteiger partial charge in [0.05, 0.1) is 5.75 Å². The molecule has 0 saturated heterocycles. The Morgan fingerprint density at radius 3 is 2.95 bits per heavy atom. The van der Waals surface area contributed by atoms with E-state index in [2.05, 4.69) is 4.99 Å². The van der Waals surface area contributed by atoms with Gasteiger partial charge in [0, 0.05) is 23.5 Å². The molecule has 1 aliphatic heterocycles. The topological polar surface area (TPSA) is 52.8 Å². The van der Waals surface area contributed by atoms with E-state index >= 15 is 0 Å². The van der Waals surface area contributed by atoms with Crippen LogP contribution in [-0.4, -0.2) is 29.4 Å². The molecule has 2 heterocycles. The van der Waals surface area contributed by atoms with Gasteiger partial charge < -0.3 is 14.0 Å². The molecule has 21 heavy (non-hydrogen) atoms. The van der Waals surface area contributed by atoms with Crippen LogP contribution >= 0.6 is 23.1 Å². The number of fused-ring (bicyclic) bond motifs is 1. The molecule has 110 valence electrons. The third kappa shape index (κ3) is 3.48. The second-order valence-electron chi connectivity index (χ2n) is 4.40. The number of benzene rings is 1. The molecule has 5 nitrogen and oxygen atoms in total. The summed E-state index contributed by atoms with van der Waals surface area (Å²) < 4.78 is 12.8. The maximum Gasteiger partial charge on any atom is 0.258 e. The Balaban J connectivity index is 1.65. The molecule has 2 aromatic rings. The normalized spacial score (nSPS) is 14.2. The summed E-state index contributed by atoms with van der Waals surface area (Å²) in [6.45, 7) is 1.14. The summed E-state index contributed by atoms with van der Waals surface area (Å²) in [5.74, 6) is 1.65. The van der Waals surface area contributed by atoms with E-state index < -0.39 is 0 Å². The van der Waals surface area contributed by atoms with Crippen molar-refractivity contribution in [3.63, 3.8) is 0 Å². The number of carbonyl (C=O) groups excluding carboxylic acids is 1. The van der Waals surface area contributed by atoms with Gasteiger partial charge in [-0.25, -0.2) is 0 Å². The number of hydrogen-bond donors (Lipinski definition) is 0. The van der Waals surface area contributed by atoms with Crippen molar-refractivity contribution in [1.29, 1.82) is 0 Å². The Morgan fingerprint density at radius 1 is 1.38 bits per heavy atom. The van der Waals surface area contributed by atoms with Crippen molar-refractivity contribution in [2.24, 2.45) is 12.0 Å². The molecule has 0 bridgehead atoms. The van der Waals surface area contributed by atoms with Crippen LogP contribution in [0.15, 0.2) is 39.7 Å². The average molecular weight is 322 g/mol. The summed E-state index contributed by atoms with van der Waals surface area (Å²) in [7, 11) is 1.87. The SMILES string of the molecule is Cn1ccsc1=NC(=O)CSc1ccc2c(c1)OCCO2. The van der Waals surface area contributed by atoms with Crippen molar-refractivity contribution in [3.8, 4) is 11.5 Å². The van der Waals surface area contributed by atoms with Crippen LogP contribution in [0, 0.1) is 0 Å². The second kappa shape index (κ2) is 6.36. The maximum absolute atomic E-state index is 11.9. The van der Waals surface area contributed by atoms with Crippen molar-refractivity contribution in [1.82, 2.24) is 4.57 Å². The van der Waals surface area contributed by atoms with Crippen LogP contribution < -0.4 is 14.3 Å². The van der Waals surface area contributed by atoms with E-state index in [0.717, 1.165) is 16.4 Å². The lowest BCUT2D eigenvalue weighted by Gasteiger charge is -2.18. The van der Waals surface area contributed by atoms with Crippen LogP contribution in [0.1, 0.15) is 0 Å². The minimum atomic E-state index is -0.145. The fraction of sp³-hybridized carbons (Fsp3) is 0.286. The summed E-state index contributed by atoms with van der Waals surface area (Å²) in [6, 6.07) is 5.70. The Morgan fingerprint density at radius 2 is 2.19 bits per heavy atom. The van der Waals surface area contributed by atoms with Gasteiger partial charge in [0.15, 0.2) is 16.3 Å². The summed E-state index contributed by atoms with van der Waals surface area (Å²) >= 11 is 2.89. The molecule has 1 aliphatic rings. The van der Waals surface area contributed by atoms with Crippen LogP contribution in [0.2, 0.25) is 0 Å². The Labute approximate surface area is 130 Å². The largest absolute Gasteiger partial charge is 0.486 e. The number of hydrogen-bond acceptors (Lipinski definition) is 5.